The number of fused-ring (bicyclic) bond motifs is 1. The number of oxazole rings is 1. The number of benzene rings is 1. The number of aliphatic carboxylic acids is 1. The molecular weight excluding hydrogens is 222 g/mol. The van der Waals surface area contributed by atoms with Gasteiger partial charge in [-0.25, -0.2) is 9.59 Å². The van der Waals surface area contributed by atoms with Crippen LogP contribution in [0.25, 0.3) is 11.1 Å². The monoisotopic (exact) mass is 235 g/mol. The van der Waals surface area contributed by atoms with Gasteiger partial charge < -0.3 is 9.52 Å². The van der Waals surface area contributed by atoms with E-state index >= 15 is 0 Å². The van der Waals surface area contributed by atoms with E-state index < -0.39 is 17.3 Å². The fourth-order valence-electron chi connectivity index (χ4n) is 1.75. The molecule has 0 fully saturated rings. The van der Waals surface area contributed by atoms with Crippen LogP contribution in [-0.2, 0) is 10.3 Å². The number of rotatable bonds is 2. The molecule has 5 nitrogen and oxygen atoms in total. The SMILES string of the molecule is Cc1ccc2oc(=O)n(C(C)(C)C(=O)O)c2c1. The van der Waals surface area contributed by atoms with Gasteiger partial charge in [-0.2, -0.15) is 0 Å². The average Bonchev–Trinajstić information content (AvgIpc) is 2.53. The highest BCUT2D eigenvalue weighted by atomic mass is 16.4. The Balaban J connectivity index is 2.86. The summed E-state index contributed by atoms with van der Waals surface area (Å²) >= 11 is 0. The Kier molecular flexibility index (Phi) is 2.34. The van der Waals surface area contributed by atoms with Gasteiger partial charge in [-0.3, -0.25) is 4.57 Å². The van der Waals surface area contributed by atoms with Crippen LogP contribution >= 0.6 is 0 Å². The van der Waals surface area contributed by atoms with Gasteiger partial charge in [-0.15, -0.1) is 0 Å². The average molecular weight is 235 g/mol. The maximum Gasteiger partial charge on any atom is 0.420 e. The summed E-state index contributed by atoms with van der Waals surface area (Å²) in [4.78, 5) is 22.9. The summed E-state index contributed by atoms with van der Waals surface area (Å²) in [7, 11) is 0. The Labute approximate surface area is 97.3 Å². The number of carboxylic acids is 1. The first-order valence-corrected chi connectivity index (χ1v) is 5.20. The lowest BCUT2D eigenvalue weighted by atomic mass is 10.1. The Hall–Kier alpha value is -2.04. The van der Waals surface area contributed by atoms with Gasteiger partial charge in [0.15, 0.2) is 5.58 Å². The van der Waals surface area contributed by atoms with Crippen molar-refractivity contribution < 1.29 is 14.3 Å². The molecule has 0 bridgehead atoms. The van der Waals surface area contributed by atoms with Crippen LogP contribution in [0.15, 0.2) is 27.4 Å². The third-order valence-corrected chi connectivity index (χ3v) is 2.82. The highest BCUT2D eigenvalue weighted by Crippen LogP contribution is 2.22. The zero-order chi connectivity index (χ0) is 12.8. The van der Waals surface area contributed by atoms with E-state index in [0.717, 1.165) is 10.1 Å². The normalized spacial score (nSPS) is 11.9. The molecule has 1 N–H and O–H groups in total. The summed E-state index contributed by atoms with van der Waals surface area (Å²) in [6, 6.07) is 5.22. The Morgan fingerprint density at radius 3 is 2.65 bits per heavy atom. The number of aromatic nitrogens is 1. The fraction of sp³-hybridized carbons (Fsp3) is 0.333. The predicted octanol–water partition coefficient (Wildman–Crippen LogP) is 1.72. The summed E-state index contributed by atoms with van der Waals surface area (Å²) in [5, 5.41) is 9.16. The third-order valence-electron chi connectivity index (χ3n) is 2.82. The fourth-order valence-corrected chi connectivity index (χ4v) is 1.75. The lowest BCUT2D eigenvalue weighted by molar-refractivity contribution is -0.145. The predicted molar refractivity (Wildman–Crippen MR) is 62.2 cm³/mol. The summed E-state index contributed by atoms with van der Waals surface area (Å²) in [6.07, 6.45) is 0. The topological polar surface area (TPSA) is 72.4 Å². The molecule has 0 aliphatic carbocycles. The smallest absolute Gasteiger partial charge is 0.420 e. The molecule has 0 amide bonds. The van der Waals surface area contributed by atoms with Gasteiger partial charge in [0.2, 0.25) is 0 Å². The van der Waals surface area contributed by atoms with Gasteiger partial charge in [0.25, 0.3) is 0 Å². The number of carboxylic acid groups (broad SMARTS) is 1. The quantitative estimate of drug-likeness (QED) is 0.860. The Morgan fingerprint density at radius 2 is 2.06 bits per heavy atom. The zero-order valence-electron chi connectivity index (χ0n) is 9.85. The number of hydrogen-bond donors (Lipinski definition) is 1. The maximum absolute atomic E-state index is 11.7. The second-order valence-corrected chi connectivity index (χ2v) is 4.54. The molecule has 0 unspecified atom stereocenters. The summed E-state index contributed by atoms with van der Waals surface area (Å²) in [5.74, 6) is -1.73. The van der Waals surface area contributed by atoms with Crippen LogP contribution in [0.1, 0.15) is 19.4 Å². The molecule has 90 valence electrons. The molecule has 17 heavy (non-hydrogen) atoms. The molecule has 0 aliphatic rings. The molecule has 2 rings (SSSR count). The summed E-state index contributed by atoms with van der Waals surface area (Å²) in [5.41, 5.74) is 0.501. The van der Waals surface area contributed by atoms with Crippen molar-refractivity contribution in [3.63, 3.8) is 0 Å². The molecule has 2 aromatic rings. The van der Waals surface area contributed by atoms with Gasteiger partial charge >= 0.3 is 11.7 Å². The number of nitrogens with zero attached hydrogens (tertiary/aromatic N) is 1. The zero-order valence-corrected chi connectivity index (χ0v) is 9.85. The Morgan fingerprint density at radius 1 is 1.41 bits per heavy atom. The largest absolute Gasteiger partial charge is 0.480 e. The van der Waals surface area contributed by atoms with Crippen molar-refractivity contribution in [1.29, 1.82) is 0 Å². The minimum atomic E-state index is -1.34. The summed E-state index contributed by atoms with van der Waals surface area (Å²) < 4.78 is 6.20. The van der Waals surface area contributed by atoms with Gasteiger partial charge in [0.05, 0.1) is 5.52 Å². The van der Waals surface area contributed by atoms with E-state index in [4.69, 9.17) is 9.52 Å². The van der Waals surface area contributed by atoms with Crippen LogP contribution in [0, 0.1) is 6.92 Å². The first kappa shape index (κ1) is 11.4. The molecule has 1 heterocycles. The molecule has 0 saturated heterocycles. The number of aryl methyl sites for hydroxylation is 1. The molecule has 0 saturated carbocycles. The molecule has 5 heteroatoms. The van der Waals surface area contributed by atoms with Gasteiger partial charge in [0.1, 0.15) is 5.54 Å². The van der Waals surface area contributed by atoms with E-state index in [9.17, 15) is 9.59 Å². The van der Waals surface area contributed by atoms with Crippen molar-refractivity contribution in [2.75, 3.05) is 0 Å². The second kappa shape index (κ2) is 3.48. The third kappa shape index (κ3) is 1.63. The Bertz CT molecular complexity index is 648. The molecule has 0 radical (unpaired) electrons. The van der Waals surface area contributed by atoms with Crippen molar-refractivity contribution in [1.82, 2.24) is 4.57 Å². The van der Waals surface area contributed by atoms with Crippen LogP contribution in [0.5, 0.6) is 0 Å². The molecule has 0 atom stereocenters. The van der Waals surface area contributed by atoms with E-state index in [0.29, 0.717) is 11.1 Å². The van der Waals surface area contributed by atoms with Crippen LogP contribution in [-0.4, -0.2) is 15.6 Å². The minimum Gasteiger partial charge on any atom is -0.480 e. The molecular formula is C12H13NO4. The first-order valence-electron chi connectivity index (χ1n) is 5.20. The van der Waals surface area contributed by atoms with Crippen LogP contribution < -0.4 is 5.76 Å². The van der Waals surface area contributed by atoms with Crippen molar-refractivity contribution in [3.8, 4) is 0 Å². The standard InChI is InChI=1S/C12H13NO4/c1-7-4-5-9-8(6-7)13(11(16)17-9)12(2,3)10(14)15/h4-6H,1-3H3,(H,14,15). The maximum atomic E-state index is 11.7. The van der Waals surface area contributed by atoms with Gasteiger partial charge in [-0.05, 0) is 38.5 Å². The highest BCUT2D eigenvalue weighted by molar-refractivity contribution is 5.81. The van der Waals surface area contributed by atoms with Gasteiger partial charge in [-0.1, -0.05) is 6.07 Å². The van der Waals surface area contributed by atoms with Crippen molar-refractivity contribution in [2.45, 2.75) is 26.3 Å². The van der Waals surface area contributed by atoms with E-state index in [1.807, 2.05) is 13.0 Å². The molecule has 0 spiro atoms. The van der Waals surface area contributed by atoms with Crippen LogP contribution in [0.4, 0.5) is 0 Å². The van der Waals surface area contributed by atoms with E-state index in [-0.39, 0.29) is 0 Å². The van der Waals surface area contributed by atoms with Crippen LogP contribution in [0.3, 0.4) is 0 Å². The van der Waals surface area contributed by atoms with Crippen molar-refractivity contribution in [2.24, 2.45) is 0 Å². The van der Waals surface area contributed by atoms with Crippen LogP contribution in [0.2, 0.25) is 0 Å². The first-order chi connectivity index (χ1) is 7.84. The number of carbonyl (C=O) groups is 1. The minimum absolute atomic E-state index is 0.398. The molecule has 1 aromatic heterocycles. The van der Waals surface area contributed by atoms with E-state index in [1.165, 1.54) is 13.8 Å². The van der Waals surface area contributed by atoms with Gasteiger partial charge in [0, 0.05) is 0 Å². The van der Waals surface area contributed by atoms with E-state index in [1.54, 1.807) is 12.1 Å². The van der Waals surface area contributed by atoms with Crippen molar-refractivity contribution >= 4 is 17.1 Å². The lowest BCUT2D eigenvalue weighted by Crippen LogP contribution is -2.40. The summed E-state index contributed by atoms with van der Waals surface area (Å²) in [6.45, 7) is 4.80. The second-order valence-electron chi connectivity index (χ2n) is 4.54. The molecule has 0 aliphatic heterocycles. The van der Waals surface area contributed by atoms with Crippen molar-refractivity contribution in [3.05, 3.63) is 34.3 Å². The number of hydrogen-bond acceptors (Lipinski definition) is 3. The van der Waals surface area contributed by atoms with E-state index in [2.05, 4.69) is 0 Å². The molecule has 1 aromatic carbocycles. The highest BCUT2D eigenvalue weighted by Gasteiger charge is 2.33. The lowest BCUT2D eigenvalue weighted by Gasteiger charge is -2.20.